The van der Waals surface area contributed by atoms with Gasteiger partial charge in [0.05, 0.1) is 4.90 Å². The summed E-state index contributed by atoms with van der Waals surface area (Å²) in [7, 11) is -1.83. The van der Waals surface area contributed by atoms with Gasteiger partial charge in [-0.25, -0.2) is 17.9 Å². The third kappa shape index (κ3) is 8.18. The number of ether oxygens (including phenoxy) is 1. The topological polar surface area (TPSA) is 102 Å². The summed E-state index contributed by atoms with van der Waals surface area (Å²) in [6.07, 6.45) is 0.920. The summed E-state index contributed by atoms with van der Waals surface area (Å²) in [6.45, 7) is 1.90. The van der Waals surface area contributed by atoms with Gasteiger partial charge in [-0.05, 0) is 43.3 Å². The van der Waals surface area contributed by atoms with Crippen molar-refractivity contribution in [1.29, 1.82) is 0 Å². The van der Waals surface area contributed by atoms with Gasteiger partial charge in [0, 0.05) is 26.1 Å². The molecule has 0 saturated carbocycles. The van der Waals surface area contributed by atoms with E-state index in [-0.39, 0.29) is 16.6 Å². The van der Waals surface area contributed by atoms with Gasteiger partial charge in [0.1, 0.15) is 6.61 Å². The zero-order valence-corrected chi connectivity index (χ0v) is 17.1. The van der Waals surface area contributed by atoms with Crippen LogP contribution < -0.4 is 15.2 Å². The smallest absolute Gasteiger partial charge is 0.238 e. The Morgan fingerprint density at radius 2 is 1.83 bits per heavy atom. The second kappa shape index (κ2) is 10.9. The average molecular weight is 424 g/mol. The lowest BCUT2D eigenvalue weighted by Gasteiger charge is -2.17. The summed E-state index contributed by atoms with van der Waals surface area (Å²) >= 11 is 0. The molecule has 0 aromatic heterocycles. The van der Waals surface area contributed by atoms with E-state index < -0.39 is 15.8 Å². The van der Waals surface area contributed by atoms with E-state index >= 15 is 0 Å². The number of hydrogen-bond acceptors (Lipinski definition) is 5. The van der Waals surface area contributed by atoms with E-state index in [1.54, 1.807) is 30.3 Å². The van der Waals surface area contributed by atoms with E-state index in [0.717, 1.165) is 5.56 Å². The van der Waals surface area contributed by atoms with Crippen LogP contribution >= 0.6 is 0 Å². The molecule has 9 heteroatoms. The van der Waals surface area contributed by atoms with Gasteiger partial charge < -0.3 is 15.0 Å². The van der Waals surface area contributed by atoms with Crippen LogP contribution in [0.1, 0.15) is 12.0 Å². The molecule has 0 bridgehead atoms. The lowest BCUT2D eigenvalue weighted by atomic mass is 10.1. The summed E-state index contributed by atoms with van der Waals surface area (Å²) < 4.78 is 41.3. The maximum atomic E-state index is 13.5. The van der Waals surface area contributed by atoms with Crippen molar-refractivity contribution in [3.8, 4) is 5.75 Å². The van der Waals surface area contributed by atoms with Crippen molar-refractivity contribution >= 4 is 15.9 Å². The molecule has 2 aromatic rings. The quantitative estimate of drug-likeness (QED) is 0.571. The van der Waals surface area contributed by atoms with Crippen LogP contribution in [0, 0.1) is 5.82 Å². The molecule has 2 rings (SSSR count). The number of amides is 1. The lowest BCUT2D eigenvalue weighted by Crippen LogP contribution is -2.31. The Morgan fingerprint density at radius 1 is 1.14 bits per heavy atom. The molecule has 0 aliphatic carbocycles. The Hall–Kier alpha value is -2.49. The van der Waals surface area contributed by atoms with E-state index in [2.05, 4.69) is 5.32 Å². The van der Waals surface area contributed by atoms with Gasteiger partial charge in [0.15, 0.2) is 11.6 Å². The van der Waals surface area contributed by atoms with E-state index in [4.69, 9.17) is 9.88 Å². The zero-order valence-electron chi connectivity index (χ0n) is 16.3. The molecule has 0 fully saturated rings. The number of carbonyl (C=O) groups is 1. The fourth-order valence-corrected chi connectivity index (χ4v) is 3.07. The van der Waals surface area contributed by atoms with Gasteiger partial charge in [-0.1, -0.05) is 24.3 Å². The number of primary sulfonamides is 1. The van der Waals surface area contributed by atoms with E-state index in [9.17, 15) is 17.6 Å². The number of carbonyl (C=O) groups excluding carboxylic acids is 1. The number of sulfonamides is 1. The van der Waals surface area contributed by atoms with Crippen LogP contribution in [0.3, 0.4) is 0 Å². The highest BCUT2D eigenvalue weighted by Gasteiger charge is 2.08. The van der Waals surface area contributed by atoms with Gasteiger partial charge in [0.25, 0.3) is 0 Å². The second-order valence-corrected chi connectivity index (χ2v) is 8.18. The molecule has 0 spiro atoms. The summed E-state index contributed by atoms with van der Waals surface area (Å²) in [5, 5.41) is 7.89. The Kier molecular flexibility index (Phi) is 8.56. The molecule has 0 aliphatic heterocycles. The monoisotopic (exact) mass is 423 g/mol. The molecule has 0 radical (unpaired) electrons. The van der Waals surface area contributed by atoms with Crippen LogP contribution in [0.4, 0.5) is 4.39 Å². The molecule has 0 unspecified atom stereocenters. The summed E-state index contributed by atoms with van der Waals surface area (Å²) in [5.74, 6) is -0.252. The van der Waals surface area contributed by atoms with Crippen molar-refractivity contribution < 1.29 is 22.3 Å². The first kappa shape index (κ1) is 22.8. The molecule has 2 aromatic carbocycles. The third-order valence-corrected chi connectivity index (χ3v) is 5.20. The lowest BCUT2D eigenvalue weighted by molar-refractivity contribution is -0.121. The standard InChI is InChI=1S/C20H26FN3O4S/c1-24(14-15-28-19-5-3-2-4-18(19)21)13-11-20(25)23-12-10-16-6-8-17(9-7-16)29(22,26)27/h2-9H,10-15H2,1H3,(H,23,25)(H2,22,26,27). The minimum Gasteiger partial charge on any atom is -0.489 e. The number of para-hydroxylation sites is 1. The van der Waals surface area contributed by atoms with Crippen molar-refractivity contribution in [3.05, 3.63) is 59.9 Å². The first-order chi connectivity index (χ1) is 13.8. The SMILES string of the molecule is CN(CCOc1ccccc1F)CCC(=O)NCCc1ccc(S(N)(=O)=O)cc1. The van der Waals surface area contributed by atoms with Crippen molar-refractivity contribution in [3.63, 3.8) is 0 Å². The first-order valence-corrected chi connectivity index (χ1v) is 10.7. The molecule has 7 nitrogen and oxygen atoms in total. The Labute approximate surface area is 170 Å². The number of halogens is 1. The molecule has 0 atom stereocenters. The minimum atomic E-state index is -3.70. The molecule has 0 aliphatic rings. The van der Waals surface area contributed by atoms with Crippen LogP contribution in [0.2, 0.25) is 0 Å². The number of rotatable bonds is 11. The van der Waals surface area contributed by atoms with Gasteiger partial charge in [-0.15, -0.1) is 0 Å². The first-order valence-electron chi connectivity index (χ1n) is 9.20. The molecule has 3 N–H and O–H groups in total. The molecule has 29 heavy (non-hydrogen) atoms. The van der Waals surface area contributed by atoms with Crippen LogP contribution in [0.25, 0.3) is 0 Å². The maximum absolute atomic E-state index is 13.5. The number of likely N-dealkylation sites (N-methyl/N-ethyl adjacent to an activating group) is 1. The fourth-order valence-electron chi connectivity index (χ4n) is 2.56. The van der Waals surface area contributed by atoms with Crippen molar-refractivity contribution in [2.24, 2.45) is 5.14 Å². The van der Waals surface area contributed by atoms with E-state index in [1.807, 2.05) is 11.9 Å². The number of nitrogens with one attached hydrogen (secondary N) is 1. The van der Waals surface area contributed by atoms with Crippen LogP contribution in [0.5, 0.6) is 5.75 Å². The predicted octanol–water partition coefficient (Wildman–Crippen LogP) is 1.53. The minimum absolute atomic E-state index is 0.0623. The largest absolute Gasteiger partial charge is 0.489 e. The second-order valence-electron chi connectivity index (χ2n) is 6.62. The highest BCUT2D eigenvalue weighted by atomic mass is 32.2. The Bertz CT molecular complexity index is 904. The van der Waals surface area contributed by atoms with E-state index in [1.165, 1.54) is 18.2 Å². The van der Waals surface area contributed by atoms with Crippen LogP contribution in [-0.2, 0) is 21.2 Å². The number of hydrogen-bond donors (Lipinski definition) is 2. The molecule has 0 heterocycles. The van der Waals surface area contributed by atoms with Gasteiger partial charge in [-0.3, -0.25) is 4.79 Å². The normalized spacial score (nSPS) is 11.4. The Morgan fingerprint density at radius 3 is 2.48 bits per heavy atom. The third-order valence-electron chi connectivity index (χ3n) is 4.28. The van der Waals surface area contributed by atoms with E-state index in [0.29, 0.717) is 39.1 Å². The van der Waals surface area contributed by atoms with Crippen molar-refractivity contribution in [1.82, 2.24) is 10.2 Å². The Balaban J connectivity index is 1.61. The molecular weight excluding hydrogens is 397 g/mol. The van der Waals surface area contributed by atoms with Gasteiger partial charge in [-0.2, -0.15) is 0 Å². The molecule has 158 valence electrons. The van der Waals surface area contributed by atoms with Gasteiger partial charge >= 0.3 is 0 Å². The van der Waals surface area contributed by atoms with Crippen molar-refractivity contribution in [2.75, 3.05) is 33.3 Å². The fraction of sp³-hybridized carbons (Fsp3) is 0.350. The maximum Gasteiger partial charge on any atom is 0.238 e. The number of nitrogens with two attached hydrogens (primary N) is 1. The highest BCUT2D eigenvalue weighted by Crippen LogP contribution is 2.15. The van der Waals surface area contributed by atoms with Gasteiger partial charge in [0.2, 0.25) is 15.9 Å². The highest BCUT2D eigenvalue weighted by molar-refractivity contribution is 7.89. The zero-order chi connectivity index (χ0) is 21.3. The number of nitrogens with zero attached hydrogens (tertiary/aromatic N) is 1. The predicted molar refractivity (Wildman–Crippen MR) is 109 cm³/mol. The van der Waals surface area contributed by atoms with Crippen LogP contribution in [-0.4, -0.2) is 52.5 Å². The summed E-state index contributed by atoms with van der Waals surface area (Å²) in [5.41, 5.74) is 0.903. The molecule has 1 amide bonds. The molecular formula is C20H26FN3O4S. The average Bonchev–Trinajstić information content (AvgIpc) is 2.67. The van der Waals surface area contributed by atoms with Crippen LogP contribution in [0.15, 0.2) is 53.4 Å². The summed E-state index contributed by atoms with van der Waals surface area (Å²) in [4.78, 5) is 13.9. The van der Waals surface area contributed by atoms with Crippen molar-refractivity contribution in [2.45, 2.75) is 17.7 Å². The number of benzene rings is 2. The summed E-state index contributed by atoms with van der Waals surface area (Å²) in [6, 6.07) is 12.5. The molecule has 0 saturated heterocycles.